The van der Waals surface area contributed by atoms with Gasteiger partial charge in [0.05, 0.1) is 6.61 Å². The summed E-state index contributed by atoms with van der Waals surface area (Å²) in [4.78, 5) is 0. The van der Waals surface area contributed by atoms with Crippen molar-refractivity contribution < 1.29 is 4.74 Å². The van der Waals surface area contributed by atoms with Gasteiger partial charge in [-0.15, -0.1) is 0 Å². The van der Waals surface area contributed by atoms with E-state index in [2.05, 4.69) is 35.1 Å². The van der Waals surface area contributed by atoms with Crippen LogP contribution in [0.1, 0.15) is 25.5 Å². The molecule has 0 saturated carbocycles. The summed E-state index contributed by atoms with van der Waals surface area (Å²) in [5.41, 5.74) is 1.34. The molecule has 3 heteroatoms. The molecule has 15 heavy (non-hydrogen) atoms. The van der Waals surface area contributed by atoms with Gasteiger partial charge in [0, 0.05) is 32.1 Å². The van der Waals surface area contributed by atoms with Crippen molar-refractivity contribution in [2.45, 2.75) is 32.9 Å². The molecule has 0 aliphatic heterocycles. The Morgan fingerprint density at radius 1 is 1.47 bits per heavy atom. The first-order valence-electron chi connectivity index (χ1n) is 5.72. The van der Waals surface area contributed by atoms with Crippen LogP contribution in [0.15, 0.2) is 18.3 Å². The Bertz CT molecular complexity index is 258. The van der Waals surface area contributed by atoms with Gasteiger partial charge in [-0.2, -0.15) is 0 Å². The number of nitrogens with zero attached hydrogens (tertiary/aromatic N) is 1. The molecule has 1 rings (SSSR count). The van der Waals surface area contributed by atoms with Crippen molar-refractivity contribution in [3.63, 3.8) is 0 Å². The van der Waals surface area contributed by atoms with Crippen molar-refractivity contribution in [2.24, 2.45) is 0 Å². The normalized spacial score (nSPS) is 10.8. The molecule has 0 fully saturated rings. The summed E-state index contributed by atoms with van der Waals surface area (Å²) in [5, 5.41) is 3.44. The van der Waals surface area contributed by atoms with Crippen molar-refractivity contribution in [2.75, 3.05) is 20.3 Å². The molecule has 0 bridgehead atoms. The van der Waals surface area contributed by atoms with E-state index in [1.165, 1.54) is 18.5 Å². The lowest BCUT2D eigenvalue weighted by atomic mass is 10.3. The highest BCUT2D eigenvalue weighted by molar-refractivity contribution is 5.06. The summed E-state index contributed by atoms with van der Waals surface area (Å²) in [6.45, 7) is 5.98. The van der Waals surface area contributed by atoms with Crippen LogP contribution in [0.4, 0.5) is 0 Å². The molecule has 1 aromatic rings. The summed E-state index contributed by atoms with van der Waals surface area (Å²) >= 11 is 0. The molecule has 1 aromatic heterocycles. The Morgan fingerprint density at radius 3 is 3.07 bits per heavy atom. The van der Waals surface area contributed by atoms with Crippen LogP contribution >= 0.6 is 0 Å². The van der Waals surface area contributed by atoms with E-state index in [1.54, 1.807) is 7.11 Å². The number of aromatic nitrogens is 1. The molecule has 0 atom stereocenters. The van der Waals surface area contributed by atoms with E-state index in [9.17, 15) is 0 Å². The number of rotatable bonds is 8. The van der Waals surface area contributed by atoms with Crippen molar-refractivity contribution in [3.8, 4) is 0 Å². The van der Waals surface area contributed by atoms with Gasteiger partial charge in [0.15, 0.2) is 0 Å². The van der Waals surface area contributed by atoms with E-state index in [0.717, 1.165) is 26.2 Å². The van der Waals surface area contributed by atoms with Gasteiger partial charge in [0.1, 0.15) is 0 Å². The number of hydrogen-bond donors (Lipinski definition) is 1. The average Bonchev–Trinajstić information content (AvgIpc) is 2.69. The second kappa shape index (κ2) is 7.49. The number of ether oxygens (including phenoxy) is 1. The molecular formula is C12H22N2O. The first kappa shape index (κ1) is 12.3. The molecule has 86 valence electrons. The first-order valence-corrected chi connectivity index (χ1v) is 5.72. The highest BCUT2D eigenvalue weighted by atomic mass is 16.5. The van der Waals surface area contributed by atoms with Gasteiger partial charge in [0.2, 0.25) is 0 Å². The Hall–Kier alpha value is -0.800. The highest BCUT2D eigenvalue weighted by Crippen LogP contribution is 2.02. The van der Waals surface area contributed by atoms with E-state index in [1.807, 2.05) is 0 Å². The van der Waals surface area contributed by atoms with Crippen LogP contribution < -0.4 is 5.32 Å². The third kappa shape index (κ3) is 4.49. The third-order valence-corrected chi connectivity index (χ3v) is 2.47. The van der Waals surface area contributed by atoms with Gasteiger partial charge in [-0.05, 0) is 25.1 Å². The van der Waals surface area contributed by atoms with Crippen LogP contribution in [-0.4, -0.2) is 24.8 Å². The monoisotopic (exact) mass is 210 g/mol. The lowest BCUT2D eigenvalue weighted by Gasteiger charge is -2.09. The molecule has 0 saturated heterocycles. The third-order valence-electron chi connectivity index (χ3n) is 2.47. The number of methoxy groups -OCH3 is 1. The Morgan fingerprint density at radius 2 is 2.33 bits per heavy atom. The van der Waals surface area contributed by atoms with Crippen LogP contribution in [0.2, 0.25) is 0 Å². The van der Waals surface area contributed by atoms with Crippen molar-refractivity contribution in [1.29, 1.82) is 0 Å². The second-order valence-corrected chi connectivity index (χ2v) is 3.72. The van der Waals surface area contributed by atoms with Gasteiger partial charge in [-0.25, -0.2) is 0 Å². The van der Waals surface area contributed by atoms with Crippen molar-refractivity contribution in [1.82, 2.24) is 9.88 Å². The zero-order valence-electron chi connectivity index (χ0n) is 9.83. The molecule has 0 radical (unpaired) electrons. The molecule has 0 aliphatic rings. The molecule has 1 heterocycles. The van der Waals surface area contributed by atoms with Gasteiger partial charge >= 0.3 is 0 Å². The van der Waals surface area contributed by atoms with Crippen LogP contribution in [0.25, 0.3) is 0 Å². The quantitative estimate of drug-likeness (QED) is 0.664. The lowest BCUT2D eigenvalue weighted by molar-refractivity contribution is 0.186. The molecule has 1 N–H and O–H groups in total. The Balaban J connectivity index is 2.29. The predicted octanol–water partition coefficient (Wildman–Crippen LogP) is 2.02. The maximum Gasteiger partial charge on any atom is 0.0641 e. The summed E-state index contributed by atoms with van der Waals surface area (Å²) in [7, 11) is 1.74. The zero-order valence-corrected chi connectivity index (χ0v) is 9.83. The minimum Gasteiger partial charge on any atom is -0.383 e. The fourth-order valence-electron chi connectivity index (χ4n) is 1.54. The lowest BCUT2D eigenvalue weighted by Crippen LogP contribution is -2.18. The van der Waals surface area contributed by atoms with Crippen LogP contribution in [0, 0.1) is 0 Å². The van der Waals surface area contributed by atoms with E-state index in [0.29, 0.717) is 0 Å². The maximum atomic E-state index is 5.07. The SMILES string of the molecule is CCCCNCc1cccn1CCOC. The summed E-state index contributed by atoms with van der Waals surface area (Å²) in [5.74, 6) is 0. The van der Waals surface area contributed by atoms with Gasteiger partial charge in [-0.1, -0.05) is 13.3 Å². The van der Waals surface area contributed by atoms with E-state index in [4.69, 9.17) is 4.74 Å². The highest BCUT2D eigenvalue weighted by Gasteiger charge is 1.99. The minimum atomic E-state index is 0.774. The number of unbranched alkanes of at least 4 members (excludes halogenated alkanes) is 1. The van der Waals surface area contributed by atoms with Crippen molar-refractivity contribution in [3.05, 3.63) is 24.0 Å². The molecular weight excluding hydrogens is 188 g/mol. The largest absolute Gasteiger partial charge is 0.383 e. The van der Waals surface area contributed by atoms with Gasteiger partial charge in [0.25, 0.3) is 0 Å². The van der Waals surface area contributed by atoms with E-state index in [-0.39, 0.29) is 0 Å². The molecule has 3 nitrogen and oxygen atoms in total. The molecule has 0 unspecified atom stereocenters. The topological polar surface area (TPSA) is 26.2 Å². The van der Waals surface area contributed by atoms with E-state index < -0.39 is 0 Å². The first-order chi connectivity index (χ1) is 7.38. The maximum absolute atomic E-state index is 5.07. The summed E-state index contributed by atoms with van der Waals surface area (Å²) in [6.07, 6.45) is 4.60. The molecule has 0 aliphatic carbocycles. The zero-order chi connectivity index (χ0) is 10.9. The predicted molar refractivity (Wildman–Crippen MR) is 62.9 cm³/mol. The number of nitrogens with one attached hydrogen (secondary N) is 1. The fraction of sp³-hybridized carbons (Fsp3) is 0.667. The fourth-order valence-corrected chi connectivity index (χ4v) is 1.54. The number of hydrogen-bond acceptors (Lipinski definition) is 2. The average molecular weight is 210 g/mol. The molecule has 0 aromatic carbocycles. The van der Waals surface area contributed by atoms with E-state index >= 15 is 0 Å². The Labute approximate surface area is 92.4 Å². The van der Waals surface area contributed by atoms with Gasteiger partial charge < -0.3 is 14.6 Å². The smallest absolute Gasteiger partial charge is 0.0641 e. The minimum absolute atomic E-state index is 0.774. The van der Waals surface area contributed by atoms with Crippen molar-refractivity contribution >= 4 is 0 Å². The summed E-state index contributed by atoms with van der Waals surface area (Å²) < 4.78 is 7.31. The molecule has 0 amide bonds. The van der Waals surface area contributed by atoms with Crippen LogP contribution in [0.5, 0.6) is 0 Å². The molecule has 0 spiro atoms. The standard InChI is InChI=1S/C12H22N2O/c1-3-4-7-13-11-12-6-5-8-14(12)9-10-15-2/h5-6,8,13H,3-4,7,9-11H2,1-2H3. The van der Waals surface area contributed by atoms with Gasteiger partial charge in [-0.3, -0.25) is 0 Å². The Kier molecular flexibility index (Phi) is 6.12. The van der Waals surface area contributed by atoms with Crippen LogP contribution in [0.3, 0.4) is 0 Å². The second-order valence-electron chi connectivity index (χ2n) is 3.72. The summed E-state index contributed by atoms with van der Waals surface area (Å²) in [6, 6.07) is 4.25. The van der Waals surface area contributed by atoms with Crippen LogP contribution in [-0.2, 0) is 17.8 Å².